The van der Waals surface area contributed by atoms with E-state index in [-0.39, 0.29) is 23.8 Å². The molecule has 3 unspecified atom stereocenters. The number of nitrogens with one attached hydrogen (secondary N) is 1. The lowest BCUT2D eigenvalue weighted by Crippen LogP contribution is -2.46. The summed E-state index contributed by atoms with van der Waals surface area (Å²) in [4.78, 5) is 26.2. The lowest BCUT2D eigenvalue weighted by molar-refractivity contribution is -0.136. The van der Waals surface area contributed by atoms with Gasteiger partial charge < -0.3 is 15.3 Å². The zero-order valence-corrected chi connectivity index (χ0v) is 13.5. The van der Waals surface area contributed by atoms with E-state index in [1.807, 2.05) is 31.2 Å². The number of rotatable bonds is 3. The van der Waals surface area contributed by atoms with Gasteiger partial charge in [0.2, 0.25) is 11.8 Å². The fourth-order valence-electron chi connectivity index (χ4n) is 3.66. The molecule has 3 atom stereocenters. The van der Waals surface area contributed by atoms with Gasteiger partial charge in [0, 0.05) is 25.9 Å². The zero-order valence-electron chi connectivity index (χ0n) is 13.5. The van der Waals surface area contributed by atoms with Crippen LogP contribution >= 0.6 is 0 Å². The van der Waals surface area contributed by atoms with Crippen LogP contribution in [0.3, 0.4) is 0 Å². The molecule has 1 aromatic carbocycles. The first kappa shape index (κ1) is 16.0. The highest BCUT2D eigenvalue weighted by Crippen LogP contribution is 2.31. The van der Waals surface area contributed by atoms with E-state index in [0.717, 1.165) is 30.5 Å². The molecule has 0 aromatic heterocycles. The standard InChI is InChI=1S/C18H24N2O3/c1-2-16(22)20-9-5-7-13(11-20)18(23)19-17-14-8-4-3-6-12(14)10-15(17)21/h3-4,6,8,13,15,17,21H,2,5,7,9-11H2,1H3,(H,19,23). The fraction of sp³-hybridized carbons (Fsp3) is 0.556. The second kappa shape index (κ2) is 6.71. The van der Waals surface area contributed by atoms with Crippen molar-refractivity contribution in [1.82, 2.24) is 10.2 Å². The van der Waals surface area contributed by atoms with E-state index in [1.54, 1.807) is 4.90 Å². The highest BCUT2D eigenvalue weighted by atomic mass is 16.3. The molecule has 5 nitrogen and oxygen atoms in total. The molecule has 1 heterocycles. The van der Waals surface area contributed by atoms with Crippen molar-refractivity contribution >= 4 is 11.8 Å². The molecule has 0 bridgehead atoms. The van der Waals surface area contributed by atoms with Crippen LogP contribution in [-0.4, -0.2) is 41.0 Å². The van der Waals surface area contributed by atoms with Gasteiger partial charge in [0.25, 0.3) is 0 Å². The zero-order chi connectivity index (χ0) is 16.4. The molecule has 3 rings (SSSR count). The lowest BCUT2D eigenvalue weighted by atomic mass is 9.96. The normalized spacial score (nSPS) is 26.7. The van der Waals surface area contributed by atoms with Crippen LogP contribution in [0.5, 0.6) is 0 Å². The maximum Gasteiger partial charge on any atom is 0.225 e. The van der Waals surface area contributed by atoms with E-state index in [1.165, 1.54) is 0 Å². The minimum Gasteiger partial charge on any atom is -0.390 e. The van der Waals surface area contributed by atoms with Crippen molar-refractivity contribution in [3.63, 3.8) is 0 Å². The van der Waals surface area contributed by atoms with Crippen LogP contribution < -0.4 is 5.32 Å². The maximum atomic E-state index is 12.6. The van der Waals surface area contributed by atoms with Gasteiger partial charge in [-0.2, -0.15) is 0 Å². The summed E-state index contributed by atoms with van der Waals surface area (Å²) in [7, 11) is 0. The Morgan fingerprint density at radius 3 is 2.91 bits per heavy atom. The minimum absolute atomic E-state index is 0.0562. The predicted molar refractivity (Wildman–Crippen MR) is 86.6 cm³/mol. The van der Waals surface area contributed by atoms with Crippen molar-refractivity contribution in [2.75, 3.05) is 13.1 Å². The number of fused-ring (bicyclic) bond motifs is 1. The Morgan fingerprint density at radius 2 is 2.13 bits per heavy atom. The summed E-state index contributed by atoms with van der Waals surface area (Å²) in [6.07, 6.45) is 2.13. The highest BCUT2D eigenvalue weighted by molar-refractivity contribution is 5.81. The number of amides is 2. The van der Waals surface area contributed by atoms with Gasteiger partial charge >= 0.3 is 0 Å². The van der Waals surface area contributed by atoms with E-state index >= 15 is 0 Å². The molecule has 2 N–H and O–H groups in total. The average molecular weight is 316 g/mol. The summed E-state index contributed by atoms with van der Waals surface area (Å²) < 4.78 is 0. The van der Waals surface area contributed by atoms with Gasteiger partial charge in [-0.1, -0.05) is 31.2 Å². The summed E-state index contributed by atoms with van der Waals surface area (Å²) in [6.45, 7) is 3.08. The Hall–Kier alpha value is -1.88. The number of nitrogens with zero attached hydrogens (tertiary/aromatic N) is 1. The molecule has 1 fully saturated rings. The Kier molecular flexibility index (Phi) is 4.66. The van der Waals surface area contributed by atoms with Crippen LogP contribution in [0.25, 0.3) is 0 Å². The third-order valence-electron chi connectivity index (χ3n) is 4.95. The van der Waals surface area contributed by atoms with Gasteiger partial charge in [0.15, 0.2) is 0 Å². The molecule has 1 aromatic rings. The number of likely N-dealkylation sites (tertiary alicyclic amines) is 1. The molecular weight excluding hydrogens is 292 g/mol. The monoisotopic (exact) mass is 316 g/mol. The number of benzene rings is 1. The molecule has 124 valence electrons. The van der Waals surface area contributed by atoms with Crippen LogP contribution in [0, 0.1) is 5.92 Å². The maximum absolute atomic E-state index is 12.6. The number of aliphatic hydroxyl groups excluding tert-OH is 1. The predicted octanol–water partition coefficient (Wildman–Crippen LogP) is 1.41. The van der Waals surface area contributed by atoms with Gasteiger partial charge in [-0.05, 0) is 24.0 Å². The smallest absolute Gasteiger partial charge is 0.225 e. The van der Waals surface area contributed by atoms with Gasteiger partial charge in [-0.3, -0.25) is 9.59 Å². The largest absolute Gasteiger partial charge is 0.390 e. The molecule has 23 heavy (non-hydrogen) atoms. The van der Waals surface area contributed by atoms with E-state index < -0.39 is 6.10 Å². The second-order valence-corrected chi connectivity index (χ2v) is 6.49. The van der Waals surface area contributed by atoms with Crippen molar-refractivity contribution in [2.45, 2.75) is 44.8 Å². The Balaban J connectivity index is 1.66. The molecule has 1 aliphatic carbocycles. The third-order valence-corrected chi connectivity index (χ3v) is 4.95. The van der Waals surface area contributed by atoms with E-state index in [4.69, 9.17) is 0 Å². The lowest BCUT2D eigenvalue weighted by Gasteiger charge is -2.33. The summed E-state index contributed by atoms with van der Waals surface area (Å²) in [6, 6.07) is 7.50. The van der Waals surface area contributed by atoms with Crippen LogP contribution in [0.2, 0.25) is 0 Å². The number of hydrogen-bond donors (Lipinski definition) is 2. The summed E-state index contributed by atoms with van der Waals surface area (Å²) in [5.41, 5.74) is 2.10. The number of hydrogen-bond acceptors (Lipinski definition) is 3. The topological polar surface area (TPSA) is 69.6 Å². The van der Waals surface area contributed by atoms with Crippen molar-refractivity contribution < 1.29 is 14.7 Å². The minimum atomic E-state index is -0.576. The molecule has 0 radical (unpaired) electrons. The van der Waals surface area contributed by atoms with Crippen LogP contribution in [0.15, 0.2) is 24.3 Å². The third kappa shape index (κ3) is 3.24. The molecule has 0 saturated carbocycles. The molecule has 2 amide bonds. The Labute approximate surface area is 136 Å². The second-order valence-electron chi connectivity index (χ2n) is 6.49. The molecule has 2 aliphatic rings. The van der Waals surface area contributed by atoms with E-state index in [2.05, 4.69) is 5.32 Å². The fourth-order valence-corrected chi connectivity index (χ4v) is 3.66. The highest BCUT2D eigenvalue weighted by Gasteiger charge is 2.35. The molecular formula is C18H24N2O3. The quantitative estimate of drug-likeness (QED) is 0.886. The number of carbonyl (C=O) groups is 2. The van der Waals surface area contributed by atoms with Crippen molar-refractivity contribution in [3.8, 4) is 0 Å². The van der Waals surface area contributed by atoms with Crippen LogP contribution in [0.1, 0.15) is 43.4 Å². The number of piperidine rings is 1. The van der Waals surface area contributed by atoms with Gasteiger partial charge in [-0.25, -0.2) is 0 Å². The first-order valence-electron chi connectivity index (χ1n) is 8.44. The van der Waals surface area contributed by atoms with Gasteiger partial charge in [0.1, 0.15) is 0 Å². The first-order chi connectivity index (χ1) is 11.1. The van der Waals surface area contributed by atoms with Gasteiger partial charge in [0.05, 0.1) is 18.1 Å². The number of aliphatic hydroxyl groups is 1. The summed E-state index contributed by atoms with van der Waals surface area (Å²) >= 11 is 0. The van der Waals surface area contributed by atoms with Crippen molar-refractivity contribution in [3.05, 3.63) is 35.4 Å². The van der Waals surface area contributed by atoms with Gasteiger partial charge in [-0.15, -0.1) is 0 Å². The van der Waals surface area contributed by atoms with E-state index in [0.29, 0.717) is 19.4 Å². The Bertz CT molecular complexity index is 602. The van der Waals surface area contributed by atoms with Crippen LogP contribution in [-0.2, 0) is 16.0 Å². The SMILES string of the molecule is CCC(=O)N1CCCC(C(=O)NC2c3ccccc3CC2O)C1. The molecule has 1 aliphatic heterocycles. The Morgan fingerprint density at radius 1 is 1.35 bits per heavy atom. The van der Waals surface area contributed by atoms with Crippen molar-refractivity contribution in [2.24, 2.45) is 5.92 Å². The molecule has 5 heteroatoms. The average Bonchev–Trinajstić information content (AvgIpc) is 2.90. The first-order valence-corrected chi connectivity index (χ1v) is 8.44. The summed E-state index contributed by atoms with van der Waals surface area (Å²) in [5.74, 6) is -0.132. The van der Waals surface area contributed by atoms with Crippen LogP contribution in [0.4, 0.5) is 0 Å². The summed E-state index contributed by atoms with van der Waals surface area (Å²) in [5, 5.41) is 13.3. The molecule has 0 spiro atoms. The number of carbonyl (C=O) groups excluding carboxylic acids is 2. The van der Waals surface area contributed by atoms with E-state index in [9.17, 15) is 14.7 Å². The molecule has 1 saturated heterocycles. The van der Waals surface area contributed by atoms with Crippen molar-refractivity contribution in [1.29, 1.82) is 0 Å².